The number of nitrogens with zero attached hydrogens (tertiary/aromatic N) is 3. The molecule has 32 heavy (non-hydrogen) atoms. The molecule has 0 saturated heterocycles. The quantitative estimate of drug-likeness (QED) is 0.242. The third kappa shape index (κ3) is 5.26. The van der Waals surface area contributed by atoms with Gasteiger partial charge in [0.1, 0.15) is 0 Å². The molecule has 1 aromatic heterocycles. The topological polar surface area (TPSA) is 59.8 Å². The molecular formula is C23H17Br2ClN4OS. The largest absolute Gasteiger partial charge is 0.323 e. The first-order valence-electron chi connectivity index (χ1n) is 9.57. The van der Waals surface area contributed by atoms with Gasteiger partial charge in [-0.25, -0.2) is 0 Å². The van der Waals surface area contributed by atoms with E-state index < -0.39 is 0 Å². The number of hydrogen-bond acceptors (Lipinski definition) is 4. The average molecular weight is 593 g/mol. The smallest absolute Gasteiger partial charge is 0.234 e. The fourth-order valence-corrected chi connectivity index (χ4v) is 5.58. The van der Waals surface area contributed by atoms with Gasteiger partial charge in [0, 0.05) is 25.2 Å². The molecule has 0 aliphatic heterocycles. The number of hydrogen-bond donors (Lipinski definition) is 1. The molecule has 5 nitrogen and oxygen atoms in total. The molecule has 0 unspecified atom stereocenters. The molecule has 0 radical (unpaired) electrons. The zero-order valence-corrected chi connectivity index (χ0v) is 21.6. The van der Waals surface area contributed by atoms with Crippen LogP contribution in [0.15, 0.2) is 80.8 Å². The predicted molar refractivity (Wildman–Crippen MR) is 138 cm³/mol. The van der Waals surface area contributed by atoms with Crippen molar-refractivity contribution in [2.75, 3.05) is 11.1 Å². The van der Waals surface area contributed by atoms with Gasteiger partial charge in [-0.2, -0.15) is 0 Å². The van der Waals surface area contributed by atoms with Crippen LogP contribution < -0.4 is 5.32 Å². The monoisotopic (exact) mass is 590 g/mol. The van der Waals surface area contributed by atoms with Gasteiger partial charge in [-0.1, -0.05) is 53.7 Å². The van der Waals surface area contributed by atoms with Crippen LogP contribution >= 0.6 is 55.2 Å². The maximum absolute atomic E-state index is 12.7. The molecule has 162 valence electrons. The molecule has 0 fully saturated rings. The second-order valence-electron chi connectivity index (χ2n) is 6.92. The molecule has 0 saturated carbocycles. The van der Waals surface area contributed by atoms with Crippen molar-refractivity contribution < 1.29 is 4.79 Å². The van der Waals surface area contributed by atoms with Crippen LogP contribution in [-0.4, -0.2) is 26.4 Å². The molecule has 1 heterocycles. The van der Waals surface area contributed by atoms with Crippen LogP contribution in [0, 0.1) is 6.92 Å². The summed E-state index contributed by atoms with van der Waals surface area (Å²) in [4.78, 5) is 12.7. The summed E-state index contributed by atoms with van der Waals surface area (Å²) < 4.78 is 3.57. The van der Waals surface area contributed by atoms with Crippen molar-refractivity contribution in [3.8, 4) is 17.1 Å². The normalized spacial score (nSPS) is 10.9. The summed E-state index contributed by atoms with van der Waals surface area (Å²) in [5, 5.41) is 13.0. The van der Waals surface area contributed by atoms with Crippen LogP contribution in [0.2, 0.25) is 5.02 Å². The molecule has 9 heteroatoms. The average Bonchev–Trinajstić information content (AvgIpc) is 3.20. The Morgan fingerprint density at radius 2 is 1.69 bits per heavy atom. The number of aromatic nitrogens is 3. The van der Waals surface area contributed by atoms with E-state index in [1.54, 1.807) is 0 Å². The standard InChI is InChI=1S/C23H17Br2ClN4OS/c1-14-11-18(24)21(19(25)12-14)27-20(31)13-32-23-29-28-22(15-5-3-2-4-6-15)30(23)17-9-7-16(26)8-10-17/h2-12H,13H2,1H3,(H,27,31). The minimum absolute atomic E-state index is 0.146. The second kappa shape index (κ2) is 10.2. The Bertz CT molecular complexity index is 1240. The highest BCUT2D eigenvalue weighted by Gasteiger charge is 2.18. The van der Waals surface area contributed by atoms with Crippen LogP contribution in [-0.2, 0) is 4.79 Å². The summed E-state index contributed by atoms with van der Waals surface area (Å²) in [5.41, 5.74) is 3.58. The zero-order chi connectivity index (χ0) is 22.7. The number of nitrogens with one attached hydrogen (secondary N) is 1. The number of thioether (sulfide) groups is 1. The van der Waals surface area contributed by atoms with E-state index in [9.17, 15) is 4.79 Å². The van der Waals surface area contributed by atoms with Gasteiger partial charge in [0.05, 0.1) is 11.4 Å². The van der Waals surface area contributed by atoms with Crippen molar-refractivity contribution in [2.24, 2.45) is 0 Å². The van der Waals surface area contributed by atoms with Crippen LogP contribution in [0.5, 0.6) is 0 Å². The summed E-state index contributed by atoms with van der Waals surface area (Å²) >= 11 is 14.4. The molecule has 4 rings (SSSR count). The number of carbonyl (C=O) groups is 1. The number of aryl methyl sites for hydroxylation is 1. The Balaban J connectivity index is 1.59. The number of rotatable bonds is 6. The predicted octanol–water partition coefficient (Wildman–Crippen LogP) is 7.15. The van der Waals surface area contributed by atoms with E-state index in [1.807, 2.05) is 78.2 Å². The number of amides is 1. The number of benzene rings is 3. The maximum Gasteiger partial charge on any atom is 0.234 e. The van der Waals surface area contributed by atoms with Gasteiger partial charge in [-0.15, -0.1) is 10.2 Å². The highest BCUT2D eigenvalue weighted by atomic mass is 79.9. The molecule has 0 spiro atoms. The van der Waals surface area contributed by atoms with Crippen molar-refractivity contribution in [1.29, 1.82) is 0 Å². The molecule has 0 aliphatic rings. The molecule has 1 amide bonds. The van der Waals surface area contributed by atoms with Crippen LogP contribution in [0.25, 0.3) is 17.1 Å². The Hall–Kier alpha value is -2.13. The molecule has 0 aliphatic carbocycles. The van der Waals surface area contributed by atoms with Crippen molar-refractivity contribution >= 4 is 66.8 Å². The maximum atomic E-state index is 12.7. The lowest BCUT2D eigenvalue weighted by molar-refractivity contribution is -0.113. The highest BCUT2D eigenvalue weighted by Crippen LogP contribution is 2.33. The van der Waals surface area contributed by atoms with Gasteiger partial charge in [0.2, 0.25) is 5.91 Å². The molecule has 1 N–H and O–H groups in total. The van der Waals surface area contributed by atoms with Crippen molar-refractivity contribution in [3.05, 3.63) is 86.3 Å². The summed E-state index contributed by atoms with van der Waals surface area (Å²) in [6.07, 6.45) is 0. The summed E-state index contributed by atoms with van der Waals surface area (Å²) in [6.45, 7) is 1.99. The van der Waals surface area contributed by atoms with E-state index >= 15 is 0 Å². The number of anilines is 1. The van der Waals surface area contributed by atoms with Gasteiger partial charge in [-0.3, -0.25) is 9.36 Å². The summed E-state index contributed by atoms with van der Waals surface area (Å²) in [7, 11) is 0. The molecule has 3 aromatic carbocycles. The first-order valence-corrected chi connectivity index (χ1v) is 12.5. The van der Waals surface area contributed by atoms with E-state index in [2.05, 4.69) is 47.4 Å². The third-order valence-electron chi connectivity index (χ3n) is 4.53. The minimum atomic E-state index is -0.146. The van der Waals surface area contributed by atoms with E-state index in [1.165, 1.54) is 11.8 Å². The fraction of sp³-hybridized carbons (Fsp3) is 0.0870. The van der Waals surface area contributed by atoms with Gasteiger partial charge in [0.15, 0.2) is 11.0 Å². The van der Waals surface area contributed by atoms with E-state index in [0.29, 0.717) is 21.7 Å². The van der Waals surface area contributed by atoms with Crippen molar-refractivity contribution in [1.82, 2.24) is 14.8 Å². The Morgan fingerprint density at radius 1 is 1.03 bits per heavy atom. The van der Waals surface area contributed by atoms with Gasteiger partial charge >= 0.3 is 0 Å². The van der Waals surface area contributed by atoms with Gasteiger partial charge < -0.3 is 5.32 Å². The Labute approximate surface area is 211 Å². The van der Waals surface area contributed by atoms with Crippen molar-refractivity contribution in [2.45, 2.75) is 12.1 Å². The lowest BCUT2D eigenvalue weighted by atomic mass is 10.2. The fourth-order valence-electron chi connectivity index (χ4n) is 3.09. The summed E-state index contributed by atoms with van der Waals surface area (Å²) in [5.74, 6) is 0.722. The first-order chi connectivity index (χ1) is 15.4. The van der Waals surface area contributed by atoms with Crippen molar-refractivity contribution in [3.63, 3.8) is 0 Å². The SMILES string of the molecule is Cc1cc(Br)c(NC(=O)CSc2nnc(-c3ccccc3)n2-c2ccc(Cl)cc2)c(Br)c1. The van der Waals surface area contributed by atoms with Gasteiger partial charge in [-0.05, 0) is 80.7 Å². The molecule has 4 aromatic rings. The number of halogens is 3. The first kappa shape index (κ1) is 23.0. The Kier molecular flexibility index (Phi) is 7.35. The highest BCUT2D eigenvalue weighted by molar-refractivity contribution is 9.11. The molecule has 0 atom stereocenters. The third-order valence-corrected chi connectivity index (χ3v) is 6.97. The lowest BCUT2D eigenvalue weighted by Gasteiger charge is -2.12. The summed E-state index contributed by atoms with van der Waals surface area (Å²) in [6, 6.07) is 21.2. The molecule has 0 bridgehead atoms. The second-order valence-corrected chi connectivity index (χ2v) is 10.0. The van der Waals surface area contributed by atoms with E-state index in [4.69, 9.17) is 11.6 Å². The lowest BCUT2D eigenvalue weighted by Crippen LogP contribution is -2.15. The minimum Gasteiger partial charge on any atom is -0.323 e. The van der Waals surface area contributed by atoms with Crippen LogP contribution in [0.1, 0.15) is 5.56 Å². The van der Waals surface area contributed by atoms with Crippen LogP contribution in [0.4, 0.5) is 5.69 Å². The Morgan fingerprint density at radius 3 is 2.34 bits per heavy atom. The van der Waals surface area contributed by atoms with E-state index in [0.717, 1.165) is 25.8 Å². The van der Waals surface area contributed by atoms with Crippen LogP contribution in [0.3, 0.4) is 0 Å². The van der Waals surface area contributed by atoms with Gasteiger partial charge in [0.25, 0.3) is 0 Å². The van der Waals surface area contributed by atoms with E-state index in [-0.39, 0.29) is 11.7 Å². The zero-order valence-electron chi connectivity index (χ0n) is 16.8. The molecular weight excluding hydrogens is 576 g/mol. The number of carbonyl (C=O) groups excluding carboxylic acids is 1.